The lowest BCUT2D eigenvalue weighted by atomic mass is 9.96. The number of nitrogens with zero attached hydrogens (tertiary/aromatic N) is 1. The van der Waals surface area contributed by atoms with Crippen LogP contribution in [0.2, 0.25) is 0 Å². The molecule has 1 fully saturated rings. The van der Waals surface area contributed by atoms with Gasteiger partial charge in [0, 0.05) is 25.6 Å². The summed E-state index contributed by atoms with van der Waals surface area (Å²) < 4.78 is 1.05. The highest BCUT2D eigenvalue weighted by atomic mass is 79.9. The van der Waals surface area contributed by atoms with Gasteiger partial charge in [-0.2, -0.15) is 0 Å². The number of rotatable bonds is 3. The Balaban J connectivity index is 1.77. The van der Waals surface area contributed by atoms with Crippen LogP contribution in [0.3, 0.4) is 0 Å². The fraction of sp³-hybridized carbons (Fsp3) is 0.500. The van der Waals surface area contributed by atoms with Crippen LogP contribution in [-0.4, -0.2) is 29.9 Å². The Bertz CT molecular complexity index is 469. The third kappa shape index (κ3) is 3.94. The van der Waals surface area contributed by atoms with Gasteiger partial charge >= 0.3 is 6.03 Å². The lowest BCUT2D eigenvalue weighted by Gasteiger charge is -2.30. The van der Waals surface area contributed by atoms with E-state index in [1.54, 1.807) is 16.2 Å². The van der Waals surface area contributed by atoms with E-state index in [2.05, 4.69) is 21.2 Å². The van der Waals surface area contributed by atoms with Crippen molar-refractivity contribution >= 4 is 39.2 Å². The Hall–Kier alpha value is -1.08. The lowest BCUT2D eigenvalue weighted by Crippen LogP contribution is -2.46. The van der Waals surface area contributed by atoms with Crippen molar-refractivity contribution in [1.29, 1.82) is 0 Å². The van der Waals surface area contributed by atoms with Gasteiger partial charge in [-0.05, 0) is 45.8 Å². The van der Waals surface area contributed by atoms with E-state index in [-0.39, 0.29) is 17.9 Å². The number of halogens is 1. The van der Waals surface area contributed by atoms with Gasteiger partial charge in [-0.1, -0.05) is 0 Å². The molecule has 0 atom stereocenters. The van der Waals surface area contributed by atoms with E-state index < -0.39 is 0 Å². The highest BCUT2D eigenvalue weighted by Crippen LogP contribution is 2.21. The van der Waals surface area contributed by atoms with E-state index in [4.69, 9.17) is 5.73 Å². The number of primary amides is 1. The van der Waals surface area contributed by atoms with Crippen LogP contribution >= 0.6 is 27.3 Å². The fourth-order valence-electron chi connectivity index (χ4n) is 2.10. The second-order valence-electron chi connectivity index (χ2n) is 4.58. The molecule has 19 heavy (non-hydrogen) atoms. The summed E-state index contributed by atoms with van der Waals surface area (Å²) in [6, 6.07) is 1.91. The van der Waals surface area contributed by atoms with Crippen molar-refractivity contribution < 1.29 is 9.59 Å². The Morgan fingerprint density at radius 1 is 1.47 bits per heavy atom. The first-order chi connectivity index (χ1) is 9.06. The largest absolute Gasteiger partial charge is 0.369 e. The van der Waals surface area contributed by atoms with E-state index in [9.17, 15) is 9.59 Å². The summed E-state index contributed by atoms with van der Waals surface area (Å²) in [5, 5.41) is 4.89. The number of hydrogen-bond donors (Lipinski definition) is 2. The average molecular weight is 346 g/mol. The summed E-state index contributed by atoms with van der Waals surface area (Å²) in [5.74, 6) is -0.347. The van der Waals surface area contributed by atoms with E-state index in [0.717, 1.165) is 9.35 Å². The molecule has 1 aromatic rings. The van der Waals surface area contributed by atoms with Crippen molar-refractivity contribution in [2.24, 2.45) is 11.7 Å². The maximum atomic E-state index is 11.9. The average Bonchev–Trinajstić information content (AvgIpc) is 2.82. The molecule has 0 aliphatic carbocycles. The Kier molecular flexibility index (Phi) is 4.81. The number of piperidine rings is 1. The molecule has 104 valence electrons. The summed E-state index contributed by atoms with van der Waals surface area (Å²) in [6.07, 6.45) is 1.32. The fourth-order valence-corrected chi connectivity index (χ4v) is 3.30. The van der Waals surface area contributed by atoms with Crippen LogP contribution in [0.5, 0.6) is 0 Å². The molecule has 0 bridgehead atoms. The summed E-state index contributed by atoms with van der Waals surface area (Å²) in [5.41, 5.74) is 6.35. The van der Waals surface area contributed by atoms with Gasteiger partial charge in [0.15, 0.2) is 0 Å². The zero-order valence-electron chi connectivity index (χ0n) is 10.4. The topological polar surface area (TPSA) is 75.4 Å². The van der Waals surface area contributed by atoms with E-state index in [0.29, 0.717) is 32.5 Å². The molecule has 1 aliphatic heterocycles. The maximum Gasteiger partial charge on any atom is 0.317 e. The van der Waals surface area contributed by atoms with Gasteiger partial charge in [-0.3, -0.25) is 4.79 Å². The van der Waals surface area contributed by atoms with E-state index in [1.165, 1.54) is 0 Å². The molecule has 3 amide bonds. The van der Waals surface area contributed by atoms with Gasteiger partial charge < -0.3 is 16.0 Å². The molecule has 1 aliphatic rings. The summed E-state index contributed by atoms with van der Waals surface area (Å²) in [4.78, 5) is 24.7. The number of thiophene rings is 1. The third-order valence-electron chi connectivity index (χ3n) is 3.25. The summed E-state index contributed by atoms with van der Waals surface area (Å²) >= 11 is 4.98. The molecule has 1 saturated heterocycles. The number of nitrogens with one attached hydrogen (secondary N) is 1. The number of urea groups is 1. The number of carbonyl (C=O) groups excluding carboxylic acids is 2. The molecule has 0 unspecified atom stereocenters. The minimum absolute atomic E-state index is 0.0785. The van der Waals surface area contributed by atoms with E-state index >= 15 is 0 Å². The van der Waals surface area contributed by atoms with Crippen molar-refractivity contribution in [1.82, 2.24) is 10.2 Å². The first-order valence-corrected chi connectivity index (χ1v) is 7.78. The molecule has 1 aromatic heterocycles. The first-order valence-electron chi connectivity index (χ1n) is 6.11. The SMILES string of the molecule is NC(=O)C1CCN(C(=O)NCc2csc(Br)c2)CC1. The number of likely N-dealkylation sites (tertiary alicyclic amines) is 1. The van der Waals surface area contributed by atoms with Crippen LogP contribution in [-0.2, 0) is 11.3 Å². The van der Waals surface area contributed by atoms with Crippen LogP contribution in [0, 0.1) is 5.92 Å². The van der Waals surface area contributed by atoms with Gasteiger partial charge in [0.2, 0.25) is 5.91 Å². The minimum atomic E-state index is -0.261. The zero-order chi connectivity index (χ0) is 13.8. The van der Waals surface area contributed by atoms with Crippen LogP contribution in [0.15, 0.2) is 15.2 Å². The molecule has 0 aromatic carbocycles. The summed E-state index contributed by atoms with van der Waals surface area (Å²) in [7, 11) is 0. The van der Waals surface area contributed by atoms with Gasteiger partial charge in [-0.25, -0.2) is 4.79 Å². The van der Waals surface area contributed by atoms with Gasteiger partial charge in [0.25, 0.3) is 0 Å². The standard InChI is InChI=1S/C12H16BrN3O2S/c13-10-5-8(7-19-10)6-15-12(18)16-3-1-9(2-4-16)11(14)17/h5,7,9H,1-4,6H2,(H2,14,17)(H,15,18). The number of nitrogens with two attached hydrogens (primary N) is 1. The molecule has 7 heteroatoms. The van der Waals surface area contributed by atoms with Crippen molar-refractivity contribution in [3.8, 4) is 0 Å². The molecule has 3 N–H and O–H groups in total. The molecule has 5 nitrogen and oxygen atoms in total. The molecule has 0 radical (unpaired) electrons. The quantitative estimate of drug-likeness (QED) is 0.877. The van der Waals surface area contributed by atoms with Crippen LogP contribution in [0.1, 0.15) is 18.4 Å². The van der Waals surface area contributed by atoms with Gasteiger partial charge in [0.05, 0.1) is 3.79 Å². The second-order valence-corrected chi connectivity index (χ2v) is 6.87. The summed E-state index contributed by atoms with van der Waals surface area (Å²) in [6.45, 7) is 1.70. The monoisotopic (exact) mass is 345 g/mol. The van der Waals surface area contributed by atoms with Gasteiger partial charge in [-0.15, -0.1) is 11.3 Å². The lowest BCUT2D eigenvalue weighted by molar-refractivity contribution is -0.123. The number of amides is 3. The Labute approximate surface area is 124 Å². The molecule has 0 spiro atoms. The normalized spacial score (nSPS) is 16.4. The van der Waals surface area contributed by atoms with Crippen molar-refractivity contribution in [3.63, 3.8) is 0 Å². The predicted molar refractivity (Wildman–Crippen MR) is 77.7 cm³/mol. The van der Waals surface area contributed by atoms with Gasteiger partial charge in [0.1, 0.15) is 0 Å². The highest BCUT2D eigenvalue weighted by Gasteiger charge is 2.25. The molecular weight excluding hydrogens is 330 g/mol. The van der Waals surface area contributed by atoms with Crippen molar-refractivity contribution in [2.75, 3.05) is 13.1 Å². The second kappa shape index (κ2) is 6.38. The van der Waals surface area contributed by atoms with Crippen molar-refractivity contribution in [3.05, 3.63) is 20.8 Å². The van der Waals surface area contributed by atoms with E-state index in [1.807, 2.05) is 11.4 Å². The number of carbonyl (C=O) groups is 2. The predicted octanol–water partition coefficient (Wildman–Crippen LogP) is 1.92. The smallest absolute Gasteiger partial charge is 0.317 e. The first kappa shape index (κ1) is 14.3. The molecular formula is C12H16BrN3O2S. The highest BCUT2D eigenvalue weighted by molar-refractivity contribution is 9.11. The van der Waals surface area contributed by atoms with Crippen LogP contribution < -0.4 is 11.1 Å². The zero-order valence-corrected chi connectivity index (χ0v) is 12.8. The Morgan fingerprint density at radius 2 is 2.16 bits per heavy atom. The van der Waals surface area contributed by atoms with Crippen molar-refractivity contribution in [2.45, 2.75) is 19.4 Å². The minimum Gasteiger partial charge on any atom is -0.369 e. The Morgan fingerprint density at radius 3 is 2.68 bits per heavy atom. The molecule has 2 rings (SSSR count). The van der Waals surface area contributed by atoms with Crippen LogP contribution in [0.25, 0.3) is 0 Å². The number of hydrogen-bond acceptors (Lipinski definition) is 3. The molecule has 0 saturated carbocycles. The molecule has 2 heterocycles. The van der Waals surface area contributed by atoms with Crippen LogP contribution in [0.4, 0.5) is 4.79 Å². The third-order valence-corrected chi connectivity index (χ3v) is 4.80. The maximum absolute atomic E-state index is 11.9.